The lowest BCUT2D eigenvalue weighted by atomic mass is 10.2. The van der Waals surface area contributed by atoms with E-state index in [4.69, 9.17) is 32.7 Å². The van der Waals surface area contributed by atoms with Gasteiger partial charge >= 0.3 is 12.3 Å². The van der Waals surface area contributed by atoms with Gasteiger partial charge in [-0.15, -0.1) is 0 Å². The van der Waals surface area contributed by atoms with E-state index in [1.54, 1.807) is 0 Å². The topological polar surface area (TPSA) is 47.6 Å². The van der Waals surface area contributed by atoms with Gasteiger partial charge in [-0.25, -0.2) is 4.79 Å². The molecular formula is C15H10Cl2F3NO3. The Morgan fingerprint density at radius 1 is 1.04 bits per heavy atom. The normalized spacial score (nSPS) is 11.1. The standard InChI is InChI=1S/C15H10Cl2F3NO3/c1-21-14(22)24-13-7-9(3-4-10(13)16)23-12-5-2-8(6-11(12)17)15(18,19)20/h2-7H,1H3,(H,21,22). The summed E-state index contributed by atoms with van der Waals surface area (Å²) in [5, 5.41) is 2.19. The Bertz CT molecular complexity index is 766. The van der Waals surface area contributed by atoms with Gasteiger partial charge in [0.15, 0.2) is 5.75 Å². The van der Waals surface area contributed by atoms with Crippen molar-refractivity contribution in [3.8, 4) is 17.2 Å². The van der Waals surface area contributed by atoms with Gasteiger partial charge in [0.2, 0.25) is 0 Å². The molecule has 2 aromatic carbocycles. The molecule has 2 rings (SSSR count). The van der Waals surface area contributed by atoms with Crippen LogP contribution in [-0.2, 0) is 6.18 Å². The molecule has 0 bridgehead atoms. The number of carbonyl (C=O) groups excluding carboxylic acids is 1. The third-order valence-electron chi connectivity index (χ3n) is 2.80. The lowest BCUT2D eigenvalue weighted by Crippen LogP contribution is -2.22. The second kappa shape index (κ2) is 7.19. The van der Waals surface area contributed by atoms with E-state index in [0.717, 1.165) is 18.2 Å². The Morgan fingerprint density at radius 3 is 2.33 bits per heavy atom. The van der Waals surface area contributed by atoms with E-state index in [0.29, 0.717) is 0 Å². The van der Waals surface area contributed by atoms with E-state index in [9.17, 15) is 18.0 Å². The maximum Gasteiger partial charge on any atom is 0.416 e. The Balaban J connectivity index is 2.25. The van der Waals surface area contributed by atoms with E-state index in [2.05, 4.69) is 5.32 Å². The summed E-state index contributed by atoms with van der Waals surface area (Å²) in [6.07, 6.45) is -5.24. The van der Waals surface area contributed by atoms with Crippen molar-refractivity contribution in [2.75, 3.05) is 7.05 Å². The minimum absolute atomic E-state index is 0.0119. The molecule has 0 saturated heterocycles. The summed E-state index contributed by atoms with van der Waals surface area (Å²) >= 11 is 11.7. The number of amides is 1. The van der Waals surface area contributed by atoms with Crippen molar-refractivity contribution >= 4 is 29.3 Å². The number of alkyl halides is 3. The van der Waals surface area contributed by atoms with Crippen LogP contribution >= 0.6 is 23.2 Å². The molecule has 24 heavy (non-hydrogen) atoms. The van der Waals surface area contributed by atoms with E-state index >= 15 is 0 Å². The molecule has 1 N–H and O–H groups in total. The van der Waals surface area contributed by atoms with Crippen molar-refractivity contribution in [2.45, 2.75) is 6.18 Å². The van der Waals surface area contributed by atoms with E-state index in [-0.39, 0.29) is 27.3 Å². The summed E-state index contributed by atoms with van der Waals surface area (Å²) in [6, 6.07) is 6.87. The van der Waals surface area contributed by atoms with Crippen molar-refractivity contribution in [1.29, 1.82) is 0 Å². The number of rotatable bonds is 3. The number of benzene rings is 2. The van der Waals surface area contributed by atoms with Crippen LogP contribution < -0.4 is 14.8 Å². The minimum atomic E-state index is -4.50. The van der Waals surface area contributed by atoms with Crippen LogP contribution in [0, 0.1) is 0 Å². The Kier molecular flexibility index (Phi) is 5.46. The second-order valence-electron chi connectivity index (χ2n) is 4.48. The minimum Gasteiger partial charge on any atom is -0.456 e. The second-order valence-corrected chi connectivity index (χ2v) is 5.29. The predicted molar refractivity (Wildman–Crippen MR) is 83.1 cm³/mol. The molecule has 0 radical (unpaired) electrons. The molecule has 0 atom stereocenters. The molecule has 0 unspecified atom stereocenters. The first-order valence-electron chi connectivity index (χ1n) is 6.44. The molecule has 0 fully saturated rings. The van der Waals surface area contributed by atoms with Crippen LogP contribution in [0.25, 0.3) is 0 Å². The summed E-state index contributed by atoms with van der Waals surface area (Å²) in [5.41, 5.74) is -0.889. The monoisotopic (exact) mass is 379 g/mol. The fourth-order valence-corrected chi connectivity index (χ4v) is 2.04. The van der Waals surface area contributed by atoms with Gasteiger partial charge in [0.05, 0.1) is 15.6 Å². The van der Waals surface area contributed by atoms with Crippen molar-refractivity contribution in [2.24, 2.45) is 0 Å². The van der Waals surface area contributed by atoms with Crippen LogP contribution in [0.4, 0.5) is 18.0 Å². The van der Waals surface area contributed by atoms with Crippen LogP contribution in [0.1, 0.15) is 5.56 Å². The zero-order chi connectivity index (χ0) is 17.9. The van der Waals surface area contributed by atoms with E-state index < -0.39 is 17.8 Å². The van der Waals surface area contributed by atoms with Crippen molar-refractivity contribution in [3.05, 3.63) is 52.0 Å². The van der Waals surface area contributed by atoms with Gasteiger partial charge in [-0.2, -0.15) is 13.2 Å². The van der Waals surface area contributed by atoms with Crippen LogP contribution in [0.3, 0.4) is 0 Å². The molecule has 0 aromatic heterocycles. The lowest BCUT2D eigenvalue weighted by molar-refractivity contribution is -0.137. The highest BCUT2D eigenvalue weighted by Crippen LogP contribution is 2.37. The van der Waals surface area contributed by atoms with Gasteiger partial charge in [-0.1, -0.05) is 23.2 Å². The summed E-state index contributed by atoms with van der Waals surface area (Å²) in [7, 11) is 1.37. The summed E-state index contributed by atoms with van der Waals surface area (Å²) in [5.74, 6) is 0.217. The fraction of sp³-hybridized carbons (Fsp3) is 0.133. The zero-order valence-corrected chi connectivity index (χ0v) is 13.6. The SMILES string of the molecule is CNC(=O)Oc1cc(Oc2ccc(C(F)(F)F)cc2Cl)ccc1Cl. The molecule has 0 aliphatic carbocycles. The number of halogens is 5. The number of carbonyl (C=O) groups is 1. The zero-order valence-electron chi connectivity index (χ0n) is 12.1. The van der Waals surface area contributed by atoms with Gasteiger partial charge in [0, 0.05) is 13.1 Å². The fourth-order valence-electron chi connectivity index (χ4n) is 1.66. The molecule has 0 heterocycles. The molecule has 0 spiro atoms. The van der Waals surface area contributed by atoms with E-state index in [1.807, 2.05) is 0 Å². The van der Waals surface area contributed by atoms with Crippen molar-refractivity contribution < 1.29 is 27.4 Å². The first-order chi connectivity index (χ1) is 11.2. The molecule has 4 nitrogen and oxygen atoms in total. The molecule has 1 amide bonds. The summed E-state index contributed by atoms with van der Waals surface area (Å²) < 4.78 is 48.2. The number of hydrogen-bond donors (Lipinski definition) is 1. The molecular weight excluding hydrogens is 370 g/mol. The van der Waals surface area contributed by atoms with Crippen LogP contribution in [0.15, 0.2) is 36.4 Å². The predicted octanol–water partition coefficient (Wildman–Crippen LogP) is 5.52. The summed E-state index contributed by atoms with van der Waals surface area (Å²) in [6.45, 7) is 0. The smallest absolute Gasteiger partial charge is 0.416 e. The van der Waals surface area contributed by atoms with Crippen molar-refractivity contribution in [1.82, 2.24) is 5.32 Å². The maximum absolute atomic E-state index is 12.6. The highest BCUT2D eigenvalue weighted by atomic mass is 35.5. The van der Waals surface area contributed by atoms with Gasteiger partial charge in [0.1, 0.15) is 11.5 Å². The van der Waals surface area contributed by atoms with E-state index in [1.165, 1.54) is 25.2 Å². The quantitative estimate of drug-likeness (QED) is 0.763. The Hall–Kier alpha value is -2.12. The lowest BCUT2D eigenvalue weighted by Gasteiger charge is -2.12. The first kappa shape index (κ1) is 18.2. The van der Waals surface area contributed by atoms with Gasteiger partial charge in [-0.05, 0) is 30.3 Å². The molecule has 0 aliphatic heterocycles. The number of hydrogen-bond acceptors (Lipinski definition) is 3. The largest absolute Gasteiger partial charge is 0.456 e. The van der Waals surface area contributed by atoms with Crippen molar-refractivity contribution in [3.63, 3.8) is 0 Å². The van der Waals surface area contributed by atoms with Gasteiger partial charge in [0.25, 0.3) is 0 Å². The van der Waals surface area contributed by atoms with Crippen LogP contribution in [0.2, 0.25) is 10.0 Å². The summed E-state index contributed by atoms with van der Waals surface area (Å²) in [4.78, 5) is 11.2. The van der Waals surface area contributed by atoms with Crippen LogP contribution in [0.5, 0.6) is 17.2 Å². The number of nitrogens with one attached hydrogen (secondary N) is 1. The van der Waals surface area contributed by atoms with Gasteiger partial charge < -0.3 is 14.8 Å². The Labute approximate surface area is 145 Å². The average Bonchev–Trinajstić information content (AvgIpc) is 2.51. The molecule has 2 aromatic rings. The van der Waals surface area contributed by atoms with Crippen LogP contribution in [-0.4, -0.2) is 13.1 Å². The maximum atomic E-state index is 12.6. The number of ether oxygens (including phenoxy) is 2. The Morgan fingerprint density at radius 2 is 1.75 bits per heavy atom. The molecule has 0 aliphatic rings. The third-order valence-corrected chi connectivity index (χ3v) is 3.40. The molecule has 128 valence electrons. The van der Waals surface area contributed by atoms with Gasteiger partial charge in [-0.3, -0.25) is 0 Å². The average molecular weight is 380 g/mol. The molecule has 0 saturated carbocycles. The highest BCUT2D eigenvalue weighted by molar-refractivity contribution is 6.32. The first-order valence-corrected chi connectivity index (χ1v) is 7.20. The third kappa shape index (κ3) is 4.46. The highest BCUT2D eigenvalue weighted by Gasteiger charge is 2.31. The molecule has 9 heteroatoms.